The van der Waals surface area contributed by atoms with Gasteiger partial charge in [0.05, 0.1) is 30.0 Å². The number of nitrogen functional groups attached to an aromatic ring is 1. The third kappa shape index (κ3) is 4.11. The normalized spacial score (nSPS) is 18.2. The number of ether oxygens (including phenoxy) is 1. The second kappa shape index (κ2) is 7.39. The van der Waals surface area contributed by atoms with E-state index in [0.717, 1.165) is 0 Å². The number of carbonyl (C=O) groups is 2. The quantitative estimate of drug-likeness (QED) is 0.710. The van der Waals surface area contributed by atoms with Gasteiger partial charge in [0.2, 0.25) is 0 Å². The summed E-state index contributed by atoms with van der Waals surface area (Å²) in [4.78, 5) is 24.1. The lowest BCUT2D eigenvalue weighted by Gasteiger charge is -2.11. The van der Waals surface area contributed by atoms with Crippen LogP contribution in [0.3, 0.4) is 0 Å². The van der Waals surface area contributed by atoms with Crippen molar-refractivity contribution in [1.82, 2.24) is 15.1 Å². The molecule has 27 heavy (non-hydrogen) atoms. The monoisotopic (exact) mass is 392 g/mol. The smallest absolute Gasteiger partial charge is 0.343 e. The van der Waals surface area contributed by atoms with Crippen LogP contribution in [-0.2, 0) is 14.6 Å². The Morgan fingerprint density at radius 3 is 2.63 bits per heavy atom. The molecule has 1 amide bonds. The van der Waals surface area contributed by atoms with Gasteiger partial charge in [-0.2, -0.15) is 5.10 Å². The van der Waals surface area contributed by atoms with Crippen molar-refractivity contribution >= 4 is 27.5 Å². The summed E-state index contributed by atoms with van der Waals surface area (Å²) >= 11 is 0. The van der Waals surface area contributed by atoms with E-state index in [1.54, 1.807) is 31.2 Å². The molecule has 2 aromatic rings. The fourth-order valence-electron chi connectivity index (χ4n) is 2.86. The number of sulfone groups is 1. The molecule has 1 fully saturated rings. The lowest BCUT2D eigenvalue weighted by molar-refractivity contribution is 0.0527. The summed E-state index contributed by atoms with van der Waals surface area (Å²) in [5.74, 6) is -0.690. The first-order valence-electron chi connectivity index (χ1n) is 8.43. The van der Waals surface area contributed by atoms with Crippen LogP contribution in [-0.4, -0.2) is 54.2 Å². The van der Waals surface area contributed by atoms with Gasteiger partial charge >= 0.3 is 5.97 Å². The Balaban J connectivity index is 1.72. The third-order valence-electron chi connectivity index (χ3n) is 4.24. The number of amides is 1. The average Bonchev–Trinajstić information content (AvgIpc) is 3.17. The number of aromatic nitrogens is 2. The average molecular weight is 392 g/mol. The minimum absolute atomic E-state index is 0.0305. The van der Waals surface area contributed by atoms with E-state index >= 15 is 0 Å². The van der Waals surface area contributed by atoms with Gasteiger partial charge in [0.1, 0.15) is 11.4 Å². The Bertz CT molecular complexity index is 966. The van der Waals surface area contributed by atoms with E-state index in [2.05, 4.69) is 10.4 Å². The van der Waals surface area contributed by atoms with Crippen molar-refractivity contribution < 1.29 is 22.7 Å². The second-order valence-electron chi connectivity index (χ2n) is 6.20. The highest BCUT2D eigenvalue weighted by molar-refractivity contribution is 7.91. The summed E-state index contributed by atoms with van der Waals surface area (Å²) in [6.45, 7) is 1.93. The molecular formula is C17H20N4O5S. The number of nitrogens with two attached hydrogens (primary N) is 1. The fourth-order valence-corrected chi connectivity index (χ4v) is 4.53. The lowest BCUT2D eigenvalue weighted by atomic mass is 10.1. The maximum absolute atomic E-state index is 12.3. The molecule has 10 heteroatoms. The molecule has 0 spiro atoms. The number of nitrogens with zero attached hydrogens (tertiary/aromatic N) is 2. The van der Waals surface area contributed by atoms with Crippen LogP contribution in [0.15, 0.2) is 30.5 Å². The fraction of sp³-hybridized carbons (Fsp3) is 0.353. The minimum Gasteiger partial charge on any atom is -0.462 e. The maximum Gasteiger partial charge on any atom is 0.343 e. The first-order chi connectivity index (χ1) is 12.8. The third-order valence-corrected chi connectivity index (χ3v) is 6.01. The van der Waals surface area contributed by atoms with E-state index < -0.39 is 15.8 Å². The summed E-state index contributed by atoms with van der Waals surface area (Å²) in [6, 6.07) is 6.08. The zero-order valence-corrected chi connectivity index (χ0v) is 15.5. The van der Waals surface area contributed by atoms with E-state index in [1.165, 1.54) is 10.9 Å². The lowest BCUT2D eigenvalue weighted by Crippen LogP contribution is -2.35. The van der Waals surface area contributed by atoms with Crippen molar-refractivity contribution in [3.8, 4) is 5.69 Å². The summed E-state index contributed by atoms with van der Waals surface area (Å²) in [7, 11) is -3.06. The molecule has 1 aromatic carbocycles. The van der Waals surface area contributed by atoms with Crippen LogP contribution >= 0.6 is 0 Å². The van der Waals surface area contributed by atoms with Gasteiger partial charge in [-0.15, -0.1) is 0 Å². The van der Waals surface area contributed by atoms with Crippen LogP contribution in [0.1, 0.15) is 34.1 Å². The molecule has 2 heterocycles. The van der Waals surface area contributed by atoms with E-state index in [9.17, 15) is 18.0 Å². The Morgan fingerprint density at radius 2 is 2.04 bits per heavy atom. The molecule has 0 unspecified atom stereocenters. The summed E-state index contributed by atoms with van der Waals surface area (Å²) in [6.07, 6.45) is 1.75. The van der Waals surface area contributed by atoms with Crippen LogP contribution in [0.2, 0.25) is 0 Å². The Hall–Kier alpha value is -2.88. The maximum atomic E-state index is 12.3. The van der Waals surface area contributed by atoms with E-state index in [1.807, 2.05) is 0 Å². The number of rotatable bonds is 5. The Morgan fingerprint density at radius 1 is 1.33 bits per heavy atom. The topological polar surface area (TPSA) is 133 Å². The van der Waals surface area contributed by atoms with Crippen molar-refractivity contribution in [3.05, 3.63) is 41.6 Å². The molecule has 1 aliphatic rings. The second-order valence-corrected chi connectivity index (χ2v) is 8.42. The number of nitrogens with one attached hydrogen (secondary N) is 1. The minimum atomic E-state index is -3.06. The van der Waals surface area contributed by atoms with Crippen LogP contribution in [0.4, 0.5) is 5.82 Å². The van der Waals surface area contributed by atoms with Crippen LogP contribution in [0.25, 0.3) is 5.69 Å². The highest BCUT2D eigenvalue weighted by Crippen LogP contribution is 2.19. The zero-order valence-electron chi connectivity index (χ0n) is 14.7. The van der Waals surface area contributed by atoms with Crippen molar-refractivity contribution in [3.63, 3.8) is 0 Å². The van der Waals surface area contributed by atoms with Gasteiger partial charge in [-0.05, 0) is 37.6 Å². The van der Waals surface area contributed by atoms with Gasteiger partial charge in [-0.1, -0.05) is 0 Å². The standard InChI is InChI=1S/C17H20N4O5S/c1-2-26-17(23)14-9-19-21(15(14)18)13-5-3-11(4-6-13)16(22)20-12-7-8-27(24,25)10-12/h3-6,9,12H,2,7-8,10,18H2,1H3,(H,20,22)/t12-/m1/s1. The molecular weight excluding hydrogens is 372 g/mol. The van der Waals surface area contributed by atoms with Crippen LogP contribution in [0, 0.1) is 0 Å². The predicted octanol–water partition coefficient (Wildman–Crippen LogP) is 0.548. The summed E-state index contributed by atoms with van der Waals surface area (Å²) < 4.78 is 29.2. The van der Waals surface area contributed by atoms with E-state index in [-0.39, 0.29) is 41.4 Å². The largest absolute Gasteiger partial charge is 0.462 e. The van der Waals surface area contributed by atoms with Gasteiger partial charge in [-0.25, -0.2) is 17.9 Å². The van der Waals surface area contributed by atoms with Gasteiger partial charge in [-0.3, -0.25) is 4.79 Å². The van der Waals surface area contributed by atoms with E-state index in [4.69, 9.17) is 10.5 Å². The van der Waals surface area contributed by atoms with Crippen molar-refractivity contribution in [2.24, 2.45) is 0 Å². The number of anilines is 1. The van der Waals surface area contributed by atoms with E-state index in [0.29, 0.717) is 17.7 Å². The van der Waals surface area contributed by atoms with Gasteiger partial charge < -0.3 is 15.8 Å². The number of hydrogen-bond acceptors (Lipinski definition) is 7. The number of hydrogen-bond donors (Lipinski definition) is 2. The molecule has 1 saturated heterocycles. The number of esters is 1. The molecule has 0 radical (unpaired) electrons. The van der Waals surface area contributed by atoms with Gasteiger partial charge in [0.15, 0.2) is 9.84 Å². The highest BCUT2D eigenvalue weighted by atomic mass is 32.2. The first-order valence-corrected chi connectivity index (χ1v) is 10.2. The SMILES string of the molecule is CCOC(=O)c1cnn(-c2ccc(C(=O)N[C@@H]3CCS(=O)(=O)C3)cc2)c1N. The van der Waals surface area contributed by atoms with Gasteiger partial charge in [0, 0.05) is 11.6 Å². The number of benzene rings is 1. The van der Waals surface area contributed by atoms with Crippen LogP contribution in [0.5, 0.6) is 0 Å². The Kier molecular flexibility index (Phi) is 5.17. The number of carbonyl (C=O) groups excluding carboxylic acids is 2. The van der Waals surface area contributed by atoms with Gasteiger partial charge in [0.25, 0.3) is 5.91 Å². The summed E-state index contributed by atoms with van der Waals surface area (Å²) in [5.41, 5.74) is 7.09. The molecule has 1 aliphatic heterocycles. The molecule has 3 rings (SSSR count). The molecule has 1 aromatic heterocycles. The Labute approximate surface area is 156 Å². The molecule has 0 bridgehead atoms. The van der Waals surface area contributed by atoms with Crippen LogP contribution < -0.4 is 11.1 Å². The molecule has 0 aliphatic carbocycles. The van der Waals surface area contributed by atoms with Crippen molar-refractivity contribution in [1.29, 1.82) is 0 Å². The zero-order chi connectivity index (χ0) is 19.6. The molecule has 0 saturated carbocycles. The first kappa shape index (κ1) is 18.9. The molecule has 144 valence electrons. The predicted molar refractivity (Wildman–Crippen MR) is 98.5 cm³/mol. The highest BCUT2D eigenvalue weighted by Gasteiger charge is 2.29. The van der Waals surface area contributed by atoms with Crippen molar-refractivity contribution in [2.75, 3.05) is 23.8 Å². The molecule has 3 N–H and O–H groups in total. The molecule has 1 atom stereocenters. The summed E-state index contributed by atoms with van der Waals surface area (Å²) in [5, 5.41) is 6.81. The molecule has 9 nitrogen and oxygen atoms in total. The van der Waals surface area contributed by atoms with Crippen molar-refractivity contribution in [2.45, 2.75) is 19.4 Å².